The van der Waals surface area contributed by atoms with Crippen molar-refractivity contribution in [2.45, 2.75) is 62.6 Å². The molecular formula is C37H43AlN4O9S. The Balaban J connectivity index is 1.09. The van der Waals surface area contributed by atoms with Crippen LogP contribution in [0.15, 0.2) is 53.6 Å². The average molecular weight is 747 g/mol. The zero-order chi connectivity index (χ0) is 37.1. The number of hydrogen-bond donors (Lipinski definition) is 1. The minimum absolute atomic E-state index is 0.00572. The van der Waals surface area contributed by atoms with Gasteiger partial charge in [0.05, 0.1) is 62.0 Å². The van der Waals surface area contributed by atoms with Crippen LogP contribution in [-0.4, -0.2) is 125 Å². The van der Waals surface area contributed by atoms with E-state index in [9.17, 15) is 19.5 Å². The second-order valence-electron chi connectivity index (χ2n) is 13.3. The van der Waals surface area contributed by atoms with E-state index in [1.807, 2.05) is 6.92 Å². The first-order chi connectivity index (χ1) is 25.0. The fraction of sp³-hybridized carbons (Fsp3) is 0.459. The van der Waals surface area contributed by atoms with Gasteiger partial charge in [0, 0.05) is 36.7 Å². The second kappa shape index (κ2) is 16.2. The van der Waals surface area contributed by atoms with Crippen molar-refractivity contribution in [3.8, 4) is 23.0 Å². The maximum absolute atomic E-state index is 13.8. The van der Waals surface area contributed by atoms with Crippen LogP contribution in [-0.2, 0) is 4.74 Å². The van der Waals surface area contributed by atoms with Crippen LogP contribution in [0.3, 0.4) is 0 Å². The number of rotatable bonds is 13. The molecule has 2 saturated heterocycles. The van der Waals surface area contributed by atoms with Gasteiger partial charge < -0.3 is 38.6 Å². The van der Waals surface area contributed by atoms with E-state index in [2.05, 4.69) is 33.3 Å². The zero-order valence-corrected chi connectivity index (χ0v) is 31.6. The molecule has 13 nitrogen and oxygen atoms in total. The quantitative estimate of drug-likeness (QED) is 0.168. The van der Waals surface area contributed by atoms with E-state index in [4.69, 9.17) is 23.7 Å². The number of hydrogen-bond acceptors (Lipinski definition) is 11. The Kier molecular flexibility index (Phi) is 11.7. The van der Waals surface area contributed by atoms with Gasteiger partial charge in [-0.3, -0.25) is 24.7 Å². The SMILES string of the molecule is C=C1C[C@H]2C=Nc3cc(OCCCCCOc4cc5c(cc4OC)C(=O)N4CC(=C)C[C@H]4[C@H](O)N5C(=O)OC[C@@H](C)[S][Al])c(OC)cc3C(=O)N2C1. The fourth-order valence-electron chi connectivity index (χ4n) is 6.83. The van der Waals surface area contributed by atoms with Gasteiger partial charge in [0.15, 0.2) is 29.2 Å². The summed E-state index contributed by atoms with van der Waals surface area (Å²) in [4.78, 5) is 49.6. The first-order valence-corrected chi connectivity index (χ1v) is 19.6. The van der Waals surface area contributed by atoms with Gasteiger partial charge in [-0.1, -0.05) is 31.2 Å². The van der Waals surface area contributed by atoms with Crippen molar-refractivity contribution in [2.75, 3.05) is 52.0 Å². The van der Waals surface area contributed by atoms with Gasteiger partial charge in [-0.15, -0.1) is 0 Å². The van der Waals surface area contributed by atoms with Crippen LogP contribution in [0.4, 0.5) is 16.2 Å². The number of unbranched alkanes of at least 4 members (excludes halogenated alkanes) is 2. The van der Waals surface area contributed by atoms with E-state index in [-0.39, 0.29) is 47.5 Å². The van der Waals surface area contributed by atoms with Gasteiger partial charge in [-0.05, 0) is 44.2 Å². The molecule has 2 aromatic carbocycles. The number of nitrogens with zero attached hydrogens (tertiary/aromatic N) is 4. The lowest BCUT2D eigenvalue weighted by atomic mass is 10.1. The Labute approximate surface area is 315 Å². The van der Waals surface area contributed by atoms with E-state index in [0.717, 1.165) is 22.5 Å². The fourth-order valence-corrected chi connectivity index (χ4v) is 7.22. The van der Waals surface area contributed by atoms with Gasteiger partial charge in [-0.25, -0.2) is 9.69 Å². The highest BCUT2D eigenvalue weighted by Gasteiger charge is 2.46. The highest BCUT2D eigenvalue weighted by Crippen LogP contribution is 2.42. The summed E-state index contributed by atoms with van der Waals surface area (Å²) in [5.74, 6) is 1.17. The number of amides is 3. The van der Waals surface area contributed by atoms with Crippen LogP contribution in [0.25, 0.3) is 0 Å². The molecule has 2 aromatic rings. The molecule has 0 bridgehead atoms. The molecule has 2 radical (unpaired) electrons. The van der Waals surface area contributed by atoms with Gasteiger partial charge in [-0.2, -0.15) is 0 Å². The number of aliphatic imine (C=N–C) groups is 1. The van der Waals surface area contributed by atoms with Gasteiger partial charge in [0.25, 0.3) is 11.8 Å². The van der Waals surface area contributed by atoms with Gasteiger partial charge in [0.2, 0.25) is 15.2 Å². The monoisotopic (exact) mass is 746 g/mol. The van der Waals surface area contributed by atoms with Crippen LogP contribution in [0.2, 0.25) is 0 Å². The summed E-state index contributed by atoms with van der Waals surface area (Å²) in [7, 11) is 4.49. The van der Waals surface area contributed by atoms with Crippen molar-refractivity contribution in [3.05, 3.63) is 59.7 Å². The number of fused-ring (bicyclic) bond motifs is 4. The molecule has 274 valence electrons. The van der Waals surface area contributed by atoms with Crippen LogP contribution >= 0.6 is 10.1 Å². The third kappa shape index (κ3) is 7.64. The van der Waals surface area contributed by atoms with E-state index in [0.29, 0.717) is 79.7 Å². The third-order valence-corrected chi connectivity index (χ3v) is 11.6. The molecule has 0 aliphatic carbocycles. The molecule has 0 saturated carbocycles. The molecule has 0 aromatic heterocycles. The Bertz CT molecular complexity index is 1790. The zero-order valence-electron chi connectivity index (χ0n) is 29.7. The lowest BCUT2D eigenvalue weighted by molar-refractivity contribution is 0.0491. The smallest absolute Gasteiger partial charge is 0.416 e. The average Bonchev–Trinajstić information content (AvgIpc) is 3.68. The van der Waals surface area contributed by atoms with Crippen molar-refractivity contribution in [3.63, 3.8) is 0 Å². The van der Waals surface area contributed by atoms with E-state index >= 15 is 0 Å². The van der Waals surface area contributed by atoms with Crippen LogP contribution in [0.5, 0.6) is 23.0 Å². The number of methoxy groups -OCH3 is 2. The summed E-state index contributed by atoms with van der Waals surface area (Å²) in [6, 6.07) is 5.76. The topological polar surface area (TPSA) is 140 Å². The Morgan fingerprint density at radius 3 is 2.21 bits per heavy atom. The summed E-state index contributed by atoms with van der Waals surface area (Å²) in [5.41, 5.74) is 3.19. The molecule has 6 rings (SSSR count). The number of aliphatic hydroxyl groups is 1. The number of ether oxygens (including phenoxy) is 5. The molecule has 0 spiro atoms. The third-order valence-electron chi connectivity index (χ3n) is 9.56. The van der Waals surface area contributed by atoms with Crippen molar-refractivity contribution in [2.24, 2.45) is 4.99 Å². The number of benzene rings is 2. The molecule has 3 amide bonds. The minimum Gasteiger partial charge on any atom is -0.493 e. The van der Waals surface area contributed by atoms with Crippen molar-refractivity contribution < 1.29 is 43.2 Å². The molecule has 4 heterocycles. The molecular weight excluding hydrogens is 703 g/mol. The predicted octanol–water partition coefficient (Wildman–Crippen LogP) is 5.07. The summed E-state index contributed by atoms with van der Waals surface area (Å²) < 4.78 is 29.0. The molecule has 15 heteroatoms. The lowest BCUT2D eigenvalue weighted by Gasteiger charge is -2.31. The van der Waals surface area contributed by atoms with Crippen molar-refractivity contribution in [1.29, 1.82) is 0 Å². The Morgan fingerprint density at radius 1 is 0.923 bits per heavy atom. The van der Waals surface area contributed by atoms with Crippen molar-refractivity contribution >= 4 is 60.8 Å². The largest absolute Gasteiger partial charge is 0.493 e. The standard InChI is InChI=1S/C37H44N4O9S.Al/c1-21-11-24-17-38-27-15-32(30(46-4)13-25(27)34(42)39(24)18-21)48-9-7-6-8-10-49-33-16-28-26(14-31(33)47-5)35(43)40-19-22(2)12-29(40)36(44)41(28)37(45)50-20-23(3)51;/h13-17,23-24,29,36,44,51H,1-2,6-12,18-20H2,3-5H3;/q;+1/p-1/t23-,24+,29+,36+;/m1./s1. The maximum atomic E-state index is 13.8. The Hall–Kier alpha value is -4.16. The van der Waals surface area contributed by atoms with E-state index in [1.165, 1.54) is 29.2 Å². The summed E-state index contributed by atoms with van der Waals surface area (Å²) in [6.45, 7) is 11.6. The first kappa shape index (κ1) is 37.6. The second-order valence-corrected chi connectivity index (χ2v) is 15.2. The molecule has 4 aliphatic rings. The number of anilines is 1. The molecule has 0 unspecified atom stereocenters. The lowest BCUT2D eigenvalue weighted by Crippen LogP contribution is -2.51. The molecule has 1 N–H and O–H groups in total. The maximum Gasteiger partial charge on any atom is 0.416 e. The van der Waals surface area contributed by atoms with Gasteiger partial charge in [0.1, 0.15) is 6.61 Å². The minimum atomic E-state index is -1.36. The molecule has 52 heavy (non-hydrogen) atoms. The number of carbonyl (C=O) groups is 3. The van der Waals surface area contributed by atoms with Crippen LogP contribution < -0.4 is 23.8 Å². The van der Waals surface area contributed by atoms with E-state index < -0.39 is 18.4 Å². The highest BCUT2D eigenvalue weighted by molar-refractivity contribution is 8.20. The van der Waals surface area contributed by atoms with Crippen molar-refractivity contribution in [1.82, 2.24) is 9.80 Å². The predicted molar refractivity (Wildman–Crippen MR) is 199 cm³/mol. The van der Waals surface area contributed by atoms with E-state index in [1.54, 1.807) is 35.4 Å². The normalized spacial score (nSPS) is 21.2. The highest BCUT2D eigenvalue weighted by atomic mass is 32.3. The molecule has 2 fully saturated rings. The first-order valence-electron chi connectivity index (χ1n) is 17.2. The van der Waals surface area contributed by atoms with Crippen LogP contribution in [0, 0.1) is 0 Å². The number of aliphatic hydroxyl groups excluding tert-OH is 1. The number of carbonyl (C=O) groups excluding carboxylic acids is 3. The summed E-state index contributed by atoms with van der Waals surface area (Å²) in [6.07, 6.45) is 2.88. The Morgan fingerprint density at radius 2 is 1.54 bits per heavy atom. The summed E-state index contributed by atoms with van der Waals surface area (Å²) in [5, 5.41) is 11.5. The molecule has 4 atom stereocenters. The summed E-state index contributed by atoms with van der Waals surface area (Å²) >= 11 is 2.54. The molecule has 4 aliphatic heterocycles. The van der Waals surface area contributed by atoms with Crippen LogP contribution in [0.1, 0.15) is 59.7 Å². The van der Waals surface area contributed by atoms with Gasteiger partial charge >= 0.3 is 6.09 Å².